The van der Waals surface area contributed by atoms with Crippen molar-refractivity contribution >= 4 is 11.9 Å². The Kier molecular flexibility index (Phi) is 6.11. The normalized spacial score (nSPS) is 18.6. The average molecular weight is 466 g/mol. The number of fused-ring (bicyclic) bond motifs is 1. The largest absolute Gasteiger partial charge is 0.493 e. The second-order valence-corrected chi connectivity index (χ2v) is 9.46. The maximum Gasteiger partial charge on any atom is 0.309 e. The zero-order chi connectivity index (χ0) is 23.7. The SMILES string of the molecule is COc1ccc(-c2ccc3c(c2)CNC3=O)c(OCC2(OC(=O)C3CCCCC3)CC2)c1OC. The van der Waals surface area contributed by atoms with E-state index in [2.05, 4.69) is 5.32 Å². The van der Waals surface area contributed by atoms with Gasteiger partial charge in [0, 0.05) is 17.7 Å². The monoisotopic (exact) mass is 465 g/mol. The lowest BCUT2D eigenvalue weighted by atomic mass is 9.89. The molecule has 2 saturated carbocycles. The van der Waals surface area contributed by atoms with Crippen LogP contribution < -0.4 is 19.5 Å². The molecule has 0 bridgehead atoms. The molecule has 0 saturated heterocycles. The number of hydrogen-bond acceptors (Lipinski definition) is 6. The van der Waals surface area contributed by atoms with Gasteiger partial charge in [-0.1, -0.05) is 25.3 Å². The van der Waals surface area contributed by atoms with E-state index in [1.165, 1.54) is 6.42 Å². The van der Waals surface area contributed by atoms with Crippen LogP contribution in [0.4, 0.5) is 0 Å². The van der Waals surface area contributed by atoms with Crippen molar-refractivity contribution in [2.75, 3.05) is 20.8 Å². The van der Waals surface area contributed by atoms with Gasteiger partial charge in [0.05, 0.1) is 20.1 Å². The van der Waals surface area contributed by atoms with Gasteiger partial charge in [-0.25, -0.2) is 0 Å². The Morgan fingerprint density at radius 1 is 1.00 bits per heavy atom. The summed E-state index contributed by atoms with van der Waals surface area (Å²) in [5, 5.41) is 2.85. The van der Waals surface area contributed by atoms with Crippen LogP contribution in [0.1, 0.15) is 60.9 Å². The topological polar surface area (TPSA) is 83.1 Å². The van der Waals surface area contributed by atoms with Crippen LogP contribution in [0.5, 0.6) is 17.2 Å². The van der Waals surface area contributed by atoms with E-state index in [1.807, 2.05) is 30.3 Å². The van der Waals surface area contributed by atoms with Gasteiger partial charge in [0.15, 0.2) is 11.5 Å². The van der Waals surface area contributed by atoms with Crippen LogP contribution >= 0.6 is 0 Å². The molecule has 7 nitrogen and oxygen atoms in total. The highest BCUT2D eigenvalue weighted by atomic mass is 16.6. The van der Waals surface area contributed by atoms with E-state index >= 15 is 0 Å². The second kappa shape index (κ2) is 9.20. The number of methoxy groups -OCH3 is 2. The zero-order valence-corrected chi connectivity index (χ0v) is 19.8. The molecule has 0 radical (unpaired) electrons. The second-order valence-electron chi connectivity index (χ2n) is 9.46. The summed E-state index contributed by atoms with van der Waals surface area (Å²) in [6.45, 7) is 0.763. The lowest BCUT2D eigenvalue weighted by Gasteiger charge is -2.25. The van der Waals surface area contributed by atoms with Gasteiger partial charge in [-0.2, -0.15) is 0 Å². The predicted molar refractivity (Wildman–Crippen MR) is 126 cm³/mol. The minimum atomic E-state index is -0.575. The Morgan fingerprint density at radius 3 is 2.47 bits per heavy atom. The van der Waals surface area contributed by atoms with Crippen molar-refractivity contribution in [1.29, 1.82) is 0 Å². The summed E-state index contributed by atoms with van der Waals surface area (Å²) < 4.78 is 23.5. The molecule has 3 aliphatic rings. The van der Waals surface area contributed by atoms with Crippen molar-refractivity contribution in [2.24, 2.45) is 5.92 Å². The Bertz CT molecular complexity index is 1100. The van der Waals surface area contributed by atoms with E-state index in [0.29, 0.717) is 29.4 Å². The van der Waals surface area contributed by atoms with E-state index in [9.17, 15) is 9.59 Å². The molecule has 0 spiro atoms. The van der Waals surface area contributed by atoms with Crippen molar-refractivity contribution in [3.05, 3.63) is 41.5 Å². The maximum absolute atomic E-state index is 12.8. The van der Waals surface area contributed by atoms with Crippen molar-refractivity contribution in [3.63, 3.8) is 0 Å². The molecule has 7 heteroatoms. The Balaban J connectivity index is 1.40. The lowest BCUT2D eigenvalue weighted by Crippen LogP contribution is -2.31. The minimum Gasteiger partial charge on any atom is -0.493 e. The fourth-order valence-electron chi connectivity index (χ4n) is 4.92. The third-order valence-electron chi connectivity index (χ3n) is 7.14. The van der Waals surface area contributed by atoms with E-state index in [-0.39, 0.29) is 24.4 Å². The van der Waals surface area contributed by atoms with Crippen LogP contribution in [0.25, 0.3) is 11.1 Å². The molecule has 5 rings (SSSR count). The number of rotatable bonds is 8. The standard InChI is InChI=1S/C27H31NO6/c1-31-22-11-10-20(18-8-9-21-19(14-18)15-28-25(21)29)23(24(22)32-2)33-16-27(12-13-27)34-26(30)17-6-4-3-5-7-17/h8-11,14,17H,3-7,12-13,15-16H2,1-2H3,(H,28,29). The summed E-state index contributed by atoms with van der Waals surface area (Å²) in [5.74, 6) is 1.46. The highest BCUT2D eigenvalue weighted by molar-refractivity contribution is 5.99. The number of esters is 1. The molecule has 2 aromatic rings. The molecule has 0 unspecified atom stereocenters. The average Bonchev–Trinajstić information content (AvgIpc) is 3.54. The molecule has 180 valence electrons. The highest BCUT2D eigenvalue weighted by Crippen LogP contribution is 2.47. The van der Waals surface area contributed by atoms with Gasteiger partial charge in [0.25, 0.3) is 5.91 Å². The van der Waals surface area contributed by atoms with Crippen LogP contribution in [-0.4, -0.2) is 38.3 Å². The van der Waals surface area contributed by atoms with Gasteiger partial charge in [0.2, 0.25) is 5.75 Å². The molecule has 2 aromatic carbocycles. The quantitative estimate of drug-likeness (QED) is 0.572. The van der Waals surface area contributed by atoms with Crippen molar-refractivity contribution in [2.45, 2.75) is 57.1 Å². The van der Waals surface area contributed by atoms with Gasteiger partial charge in [-0.15, -0.1) is 0 Å². The first-order valence-electron chi connectivity index (χ1n) is 12.1. The number of benzene rings is 2. The third kappa shape index (κ3) is 4.31. The molecular weight excluding hydrogens is 434 g/mol. The number of hydrogen-bond donors (Lipinski definition) is 1. The molecule has 1 amide bonds. The maximum atomic E-state index is 12.8. The zero-order valence-electron chi connectivity index (χ0n) is 19.8. The third-order valence-corrected chi connectivity index (χ3v) is 7.14. The summed E-state index contributed by atoms with van der Waals surface area (Å²) in [5.41, 5.74) is 2.81. The first-order valence-corrected chi connectivity index (χ1v) is 12.1. The predicted octanol–water partition coefficient (Wildman–Crippen LogP) is 4.65. The summed E-state index contributed by atoms with van der Waals surface area (Å²) in [4.78, 5) is 24.7. The van der Waals surface area contributed by atoms with Gasteiger partial charge in [-0.3, -0.25) is 9.59 Å². The molecule has 34 heavy (non-hydrogen) atoms. The Morgan fingerprint density at radius 2 is 1.76 bits per heavy atom. The van der Waals surface area contributed by atoms with Crippen LogP contribution in [0.2, 0.25) is 0 Å². The minimum absolute atomic E-state index is 0.0101. The van der Waals surface area contributed by atoms with Crippen molar-refractivity contribution in [3.8, 4) is 28.4 Å². The van der Waals surface area contributed by atoms with Crippen LogP contribution in [0.3, 0.4) is 0 Å². The molecule has 2 aliphatic carbocycles. The van der Waals surface area contributed by atoms with Crippen molar-refractivity contribution < 1.29 is 28.5 Å². The van der Waals surface area contributed by atoms with Gasteiger partial charge >= 0.3 is 5.97 Å². The first kappa shape index (κ1) is 22.6. The molecule has 0 atom stereocenters. The molecule has 1 heterocycles. The number of nitrogens with one attached hydrogen (secondary N) is 1. The van der Waals surface area contributed by atoms with Crippen LogP contribution in [0, 0.1) is 5.92 Å². The molecule has 0 aromatic heterocycles. The Hall–Kier alpha value is -3.22. The fraction of sp³-hybridized carbons (Fsp3) is 0.481. The van der Waals surface area contributed by atoms with E-state index < -0.39 is 5.60 Å². The summed E-state index contributed by atoms with van der Waals surface area (Å²) >= 11 is 0. The molecule has 1 N–H and O–H groups in total. The van der Waals surface area contributed by atoms with Gasteiger partial charge < -0.3 is 24.3 Å². The van der Waals surface area contributed by atoms with E-state index in [1.54, 1.807) is 14.2 Å². The van der Waals surface area contributed by atoms with Crippen LogP contribution in [-0.2, 0) is 16.1 Å². The number of carbonyl (C=O) groups excluding carboxylic acids is 2. The van der Waals surface area contributed by atoms with Crippen LogP contribution in [0.15, 0.2) is 30.3 Å². The lowest BCUT2D eigenvalue weighted by molar-refractivity contribution is -0.159. The van der Waals surface area contributed by atoms with Crippen molar-refractivity contribution in [1.82, 2.24) is 5.32 Å². The molecular formula is C27H31NO6. The Labute approximate surface area is 199 Å². The fourth-order valence-corrected chi connectivity index (χ4v) is 4.92. The summed E-state index contributed by atoms with van der Waals surface area (Å²) in [7, 11) is 3.16. The first-order chi connectivity index (χ1) is 16.5. The smallest absolute Gasteiger partial charge is 0.309 e. The number of carbonyl (C=O) groups is 2. The summed E-state index contributed by atoms with van der Waals surface area (Å²) in [6, 6.07) is 9.51. The van der Waals surface area contributed by atoms with E-state index in [4.69, 9.17) is 18.9 Å². The number of ether oxygens (including phenoxy) is 4. The van der Waals surface area contributed by atoms with E-state index in [0.717, 1.165) is 55.2 Å². The molecule has 2 fully saturated rings. The van der Waals surface area contributed by atoms with Gasteiger partial charge in [0.1, 0.15) is 12.2 Å². The summed E-state index contributed by atoms with van der Waals surface area (Å²) in [6.07, 6.45) is 6.80. The molecule has 1 aliphatic heterocycles. The van der Waals surface area contributed by atoms with Gasteiger partial charge in [-0.05, 0) is 61.1 Å². The highest BCUT2D eigenvalue weighted by Gasteiger charge is 2.49. The number of amides is 1.